The molecular weight excluding hydrogens is 302 g/mol. The Morgan fingerprint density at radius 1 is 1.08 bits per heavy atom. The molecule has 1 aromatic carbocycles. The van der Waals surface area contributed by atoms with Gasteiger partial charge in [0.2, 0.25) is 0 Å². The molecule has 0 aliphatic carbocycles. The molecule has 1 amide bonds. The fourth-order valence-corrected chi connectivity index (χ4v) is 2.32. The average molecular weight is 321 g/mol. The third kappa shape index (κ3) is 3.98. The van der Waals surface area contributed by atoms with E-state index in [1.807, 2.05) is 37.3 Å². The summed E-state index contributed by atoms with van der Waals surface area (Å²) in [7, 11) is 0. The lowest BCUT2D eigenvalue weighted by Crippen LogP contribution is -2.28. The predicted molar refractivity (Wildman–Crippen MR) is 93.8 cm³/mol. The summed E-state index contributed by atoms with van der Waals surface area (Å²) in [5.74, 6) is 0.721. The largest absolute Gasteiger partial charge is 0.368 e. The first-order valence-electron chi connectivity index (χ1n) is 7.77. The lowest BCUT2D eigenvalue weighted by atomic mass is 10.1. The number of H-pyrrole nitrogens is 1. The van der Waals surface area contributed by atoms with Crippen molar-refractivity contribution in [2.75, 3.05) is 18.4 Å². The predicted octanol–water partition coefficient (Wildman–Crippen LogP) is 2.62. The summed E-state index contributed by atoms with van der Waals surface area (Å²) in [5.41, 5.74) is 3.70. The van der Waals surface area contributed by atoms with Gasteiger partial charge in [0, 0.05) is 31.0 Å². The van der Waals surface area contributed by atoms with Gasteiger partial charge in [-0.25, -0.2) is 4.98 Å². The second-order valence-electron chi connectivity index (χ2n) is 5.45. The molecule has 3 N–H and O–H groups in total. The second kappa shape index (κ2) is 7.41. The van der Waals surface area contributed by atoms with Crippen molar-refractivity contribution in [3.63, 3.8) is 0 Å². The highest BCUT2D eigenvalue weighted by Crippen LogP contribution is 2.16. The maximum absolute atomic E-state index is 12.1. The van der Waals surface area contributed by atoms with Crippen LogP contribution in [-0.4, -0.2) is 34.2 Å². The van der Waals surface area contributed by atoms with E-state index in [4.69, 9.17) is 0 Å². The number of amides is 1. The monoisotopic (exact) mass is 321 g/mol. The van der Waals surface area contributed by atoms with E-state index in [-0.39, 0.29) is 5.91 Å². The van der Waals surface area contributed by atoms with Gasteiger partial charge in [0.05, 0.1) is 5.69 Å². The van der Waals surface area contributed by atoms with Crippen LogP contribution in [-0.2, 0) is 0 Å². The average Bonchev–Trinajstić information content (AvgIpc) is 3.13. The van der Waals surface area contributed by atoms with Gasteiger partial charge in [0.1, 0.15) is 5.82 Å². The van der Waals surface area contributed by atoms with Gasteiger partial charge < -0.3 is 10.6 Å². The van der Waals surface area contributed by atoms with E-state index in [2.05, 4.69) is 25.8 Å². The molecule has 122 valence electrons. The highest BCUT2D eigenvalue weighted by molar-refractivity contribution is 5.94. The molecule has 2 aromatic heterocycles. The van der Waals surface area contributed by atoms with Gasteiger partial charge in [-0.1, -0.05) is 12.1 Å². The number of pyridine rings is 1. The number of nitrogens with zero attached hydrogens (tertiary/aromatic N) is 2. The van der Waals surface area contributed by atoms with Gasteiger partial charge in [0.25, 0.3) is 5.91 Å². The topological polar surface area (TPSA) is 82.7 Å². The Balaban J connectivity index is 1.48. The number of anilines is 1. The van der Waals surface area contributed by atoms with E-state index >= 15 is 0 Å². The van der Waals surface area contributed by atoms with E-state index in [0.717, 1.165) is 22.6 Å². The van der Waals surface area contributed by atoms with E-state index in [0.29, 0.717) is 18.7 Å². The molecule has 24 heavy (non-hydrogen) atoms. The molecule has 0 saturated carbocycles. The smallest absolute Gasteiger partial charge is 0.251 e. The lowest BCUT2D eigenvalue weighted by Gasteiger charge is -2.08. The van der Waals surface area contributed by atoms with E-state index in [1.54, 1.807) is 24.5 Å². The zero-order chi connectivity index (χ0) is 16.8. The molecule has 3 aromatic rings. The first-order valence-corrected chi connectivity index (χ1v) is 7.77. The molecule has 2 heterocycles. The molecule has 0 saturated heterocycles. The molecule has 0 aliphatic heterocycles. The molecule has 0 spiro atoms. The van der Waals surface area contributed by atoms with Crippen molar-refractivity contribution in [1.82, 2.24) is 20.5 Å². The van der Waals surface area contributed by atoms with Crippen LogP contribution in [0.2, 0.25) is 0 Å². The first kappa shape index (κ1) is 15.7. The Kier molecular flexibility index (Phi) is 4.86. The molecule has 0 radical (unpaired) electrons. The van der Waals surface area contributed by atoms with Crippen LogP contribution in [0.1, 0.15) is 15.9 Å². The van der Waals surface area contributed by atoms with Gasteiger partial charge in [-0.05, 0) is 48.4 Å². The third-order valence-corrected chi connectivity index (χ3v) is 3.59. The molecular formula is C18H19N5O. The van der Waals surface area contributed by atoms with E-state index in [9.17, 15) is 4.79 Å². The number of carbonyl (C=O) groups excluding carboxylic acids is 1. The van der Waals surface area contributed by atoms with Gasteiger partial charge >= 0.3 is 0 Å². The summed E-state index contributed by atoms with van der Waals surface area (Å²) < 4.78 is 0. The van der Waals surface area contributed by atoms with Crippen LogP contribution in [0.15, 0.2) is 54.9 Å². The highest BCUT2D eigenvalue weighted by atomic mass is 16.1. The van der Waals surface area contributed by atoms with Crippen molar-refractivity contribution in [2.24, 2.45) is 0 Å². The van der Waals surface area contributed by atoms with Crippen molar-refractivity contribution in [3.8, 4) is 11.3 Å². The van der Waals surface area contributed by atoms with Crippen LogP contribution in [0.5, 0.6) is 0 Å². The normalized spacial score (nSPS) is 10.4. The quantitative estimate of drug-likeness (QED) is 0.610. The SMILES string of the molecule is Cc1ccnc(NCCNC(=O)c2ccc(-c3ccn[nH]3)cc2)c1. The standard InChI is InChI=1S/C18H19N5O/c1-13-6-8-19-17(12-13)20-10-11-21-18(24)15-4-2-14(3-5-15)16-7-9-22-23-16/h2-9,12H,10-11H2,1H3,(H,19,20)(H,21,24)(H,22,23). The number of aryl methyl sites for hydroxylation is 1. The molecule has 0 unspecified atom stereocenters. The summed E-state index contributed by atoms with van der Waals surface area (Å²) in [6, 6.07) is 13.2. The first-order chi connectivity index (χ1) is 11.7. The summed E-state index contributed by atoms with van der Waals surface area (Å²) in [4.78, 5) is 16.3. The number of benzene rings is 1. The van der Waals surface area contributed by atoms with Crippen molar-refractivity contribution < 1.29 is 4.79 Å². The minimum atomic E-state index is -0.0924. The third-order valence-electron chi connectivity index (χ3n) is 3.59. The number of hydrogen-bond acceptors (Lipinski definition) is 4. The fraction of sp³-hybridized carbons (Fsp3) is 0.167. The Labute approximate surface area is 140 Å². The van der Waals surface area contributed by atoms with E-state index < -0.39 is 0 Å². The van der Waals surface area contributed by atoms with Crippen LogP contribution >= 0.6 is 0 Å². The summed E-state index contributed by atoms with van der Waals surface area (Å²) in [5, 5.41) is 12.9. The summed E-state index contributed by atoms with van der Waals surface area (Å²) in [6.07, 6.45) is 3.46. The highest BCUT2D eigenvalue weighted by Gasteiger charge is 2.06. The Morgan fingerprint density at radius 3 is 2.62 bits per heavy atom. The lowest BCUT2D eigenvalue weighted by molar-refractivity contribution is 0.0955. The number of rotatable bonds is 6. The Bertz CT molecular complexity index is 797. The van der Waals surface area contributed by atoms with Crippen LogP contribution < -0.4 is 10.6 Å². The van der Waals surface area contributed by atoms with Crippen molar-refractivity contribution in [3.05, 3.63) is 66.0 Å². The Hall–Kier alpha value is -3.15. The van der Waals surface area contributed by atoms with Crippen molar-refractivity contribution in [1.29, 1.82) is 0 Å². The molecule has 0 atom stereocenters. The van der Waals surface area contributed by atoms with Gasteiger partial charge in [-0.15, -0.1) is 0 Å². The number of carbonyl (C=O) groups is 1. The van der Waals surface area contributed by atoms with Gasteiger partial charge in [-0.2, -0.15) is 5.10 Å². The summed E-state index contributed by atoms with van der Waals surface area (Å²) in [6.45, 7) is 3.16. The fourth-order valence-electron chi connectivity index (χ4n) is 2.32. The molecule has 3 rings (SSSR count). The Morgan fingerprint density at radius 2 is 1.92 bits per heavy atom. The maximum Gasteiger partial charge on any atom is 0.251 e. The maximum atomic E-state index is 12.1. The van der Waals surface area contributed by atoms with Crippen molar-refractivity contribution >= 4 is 11.7 Å². The molecule has 0 aliphatic rings. The minimum Gasteiger partial charge on any atom is -0.368 e. The summed E-state index contributed by atoms with van der Waals surface area (Å²) >= 11 is 0. The van der Waals surface area contributed by atoms with Crippen LogP contribution in [0.25, 0.3) is 11.3 Å². The zero-order valence-electron chi connectivity index (χ0n) is 13.4. The molecule has 6 nitrogen and oxygen atoms in total. The van der Waals surface area contributed by atoms with E-state index in [1.165, 1.54) is 0 Å². The van der Waals surface area contributed by atoms with Crippen LogP contribution in [0.3, 0.4) is 0 Å². The van der Waals surface area contributed by atoms with Crippen molar-refractivity contribution in [2.45, 2.75) is 6.92 Å². The number of hydrogen-bond donors (Lipinski definition) is 3. The van der Waals surface area contributed by atoms with Gasteiger partial charge in [0.15, 0.2) is 0 Å². The van der Waals surface area contributed by atoms with Crippen LogP contribution in [0.4, 0.5) is 5.82 Å². The number of nitrogens with one attached hydrogen (secondary N) is 3. The molecule has 0 bridgehead atoms. The van der Waals surface area contributed by atoms with Crippen LogP contribution in [0, 0.1) is 6.92 Å². The second-order valence-corrected chi connectivity index (χ2v) is 5.45. The number of aromatic amines is 1. The minimum absolute atomic E-state index is 0.0924. The zero-order valence-corrected chi connectivity index (χ0v) is 13.4. The number of aromatic nitrogens is 3. The molecule has 6 heteroatoms. The van der Waals surface area contributed by atoms with Gasteiger partial charge in [-0.3, -0.25) is 9.89 Å². The molecule has 0 fully saturated rings.